The normalized spacial score (nSPS) is 27.6. The lowest BCUT2D eigenvalue weighted by Crippen LogP contribution is -2.34. The van der Waals surface area contributed by atoms with E-state index in [4.69, 9.17) is 16.9 Å². The quantitative estimate of drug-likeness (QED) is 0.855. The first-order valence-corrected chi connectivity index (χ1v) is 6.96. The highest BCUT2D eigenvalue weighted by Gasteiger charge is 2.26. The summed E-state index contributed by atoms with van der Waals surface area (Å²) in [7, 11) is 0. The number of nitrogens with one attached hydrogen (secondary N) is 1. The molecule has 0 bridgehead atoms. The second-order valence-corrected chi connectivity index (χ2v) is 5.73. The third-order valence-corrected chi connectivity index (χ3v) is 4.48. The Kier molecular flexibility index (Phi) is 4.14. The van der Waals surface area contributed by atoms with Crippen LogP contribution in [0.2, 0.25) is 5.02 Å². The van der Waals surface area contributed by atoms with Gasteiger partial charge in [0.05, 0.1) is 10.6 Å². The van der Waals surface area contributed by atoms with Crippen molar-refractivity contribution in [3.63, 3.8) is 0 Å². The molecule has 1 fully saturated rings. The molecule has 18 heavy (non-hydrogen) atoms. The molecule has 0 radical (unpaired) electrons. The van der Waals surface area contributed by atoms with Gasteiger partial charge in [0.1, 0.15) is 6.07 Å². The van der Waals surface area contributed by atoms with Gasteiger partial charge in [-0.15, -0.1) is 0 Å². The summed E-state index contributed by atoms with van der Waals surface area (Å²) in [6.07, 6.45) is 3.81. The number of halogens is 1. The van der Waals surface area contributed by atoms with Gasteiger partial charge in [-0.1, -0.05) is 38.3 Å². The Bertz CT molecular complexity index is 464. The lowest BCUT2D eigenvalue weighted by atomic mass is 9.78. The van der Waals surface area contributed by atoms with Crippen LogP contribution in [0.1, 0.15) is 38.7 Å². The van der Waals surface area contributed by atoms with Crippen molar-refractivity contribution in [2.75, 3.05) is 5.32 Å². The van der Waals surface area contributed by atoms with E-state index in [2.05, 4.69) is 25.2 Å². The van der Waals surface area contributed by atoms with Crippen LogP contribution in [-0.4, -0.2) is 6.04 Å². The summed E-state index contributed by atoms with van der Waals surface area (Å²) < 4.78 is 0. The topological polar surface area (TPSA) is 35.8 Å². The fourth-order valence-corrected chi connectivity index (χ4v) is 2.86. The number of hydrogen-bond acceptors (Lipinski definition) is 2. The van der Waals surface area contributed by atoms with E-state index in [1.165, 1.54) is 19.3 Å². The summed E-state index contributed by atoms with van der Waals surface area (Å²) in [6, 6.07) is 8.21. The Morgan fingerprint density at radius 3 is 2.83 bits per heavy atom. The van der Waals surface area contributed by atoms with E-state index in [1.54, 1.807) is 6.07 Å². The molecule has 1 aliphatic rings. The van der Waals surface area contributed by atoms with Crippen LogP contribution >= 0.6 is 11.6 Å². The van der Waals surface area contributed by atoms with E-state index < -0.39 is 0 Å². The molecule has 2 nitrogen and oxygen atoms in total. The molecule has 96 valence electrons. The van der Waals surface area contributed by atoms with Gasteiger partial charge in [-0.25, -0.2) is 0 Å². The highest BCUT2D eigenvalue weighted by Crippen LogP contribution is 2.32. The molecule has 0 spiro atoms. The highest BCUT2D eigenvalue weighted by molar-refractivity contribution is 6.31. The van der Waals surface area contributed by atoms with Gasteiger partial charge in [-0.3, -0.25) is 0 Å². The maximum Gasteiger partial charge on any atom is 0.101 e. The molecule has 1 saturated carbocycles. The van der Waals surface area contributed by atoms with Crippen LogP contribution < -0.4 is 5.32 Å². The first-order valence-electron chi connectivity index (χ1n) is 6.58. The van der Waals surface area contributed by atoms with E-state index in [1.807, 2.05) is 12.1 Å². The molecule has 3 atom stereocenters. The molecule has 2 rings (SSSR count). The zero-order chi connectivity index (χ0) is 13.1. The van der Waals surface area contributed by atoms with Crippen molar-refractivity contribution in [1.82, 2.24) is 0 Å². The fourth-order valence-electron chi connectivity index (χ4n) is 2.70. The molecule has 0 aromatic heterocycles. The maximum atomic E-state index is 8.98. The fraction of sp³-hybridized carbons (Fsp3) is 0.533. The minimum atomic E-state index is 0.501. The molecule has 1 aromatic carbocycles. The molecule has 1 aliphatic carbocycles. The minimum absolute atomic E-state index is 0.501. The SMILES string of the molecule is CC1CCCC(Nc2ccc(Cl)c(C#N)c2)C1C. The molecule has 1 N–H and O–H groups in total. The molecule has 0 saturated heterocycles. The largest absolute Gasteiger partial charge is 0.382 e. The summed E-state index contributed by atoms with van der Waals surface area (Å²) in [6.45, 7) is 4.63. The van der Waals surface area contributed by atoms with E-state index in [-0.39, 0.29) is 0 Å². The molecule has 1 aromatic rings. The van der Waals surface area contributed by atoms with Gasteiger partial charge in [0.25, 0.3) is 0 Å². The van der Waals surface area contributed by atoms with Crippen LogP contribution in [0.3, 0.4) is 0 Å². The van der Waals surface area contributed by atoms with Gasteiger partial charge in [-0.2, -0.15) is 5.26 Å². The Balaban J connectivity index is 2.12. The Morgan fingerprint density at radius 1 is 1.33 bits per heavy atom. The summed E-state index contributed by atoms with van der Waals surface area (Å²) in [4.78, 5) is 0. The van der Waals surface area contributed by atoms with Crippen molar-refractivity contribution < 1.29 is 0 Å². The van der Waals surface area contributed by atoms with Crippen molar-refractivity contribution in [2.45, 2.75) is 39.2 Å². The van der Waals surface area contributed by atoms with E-state index in [9.17, 15) is 0 Å². The Hall–Kier alpha value is -1.20. The highest BCUT2D eigenvalue weighted by atomic mass is 35.5. The second kappa shape index (κ2) is 5.63. The first-order chi connectivity index (χ1) is 8.61. The van der Waals surface area contributed by atoms with Crippen LogP contribution in [-0.2, 0) is 0 Å². The van der Waals surface area contributed by atoms with Crippen molar-refractivity contribution in [2.24, 2.45) is 11.8 Å². The van der Waals surface area contributed by atoms with Gasteiger partial charge in [0.2, 0.25) is 0 Å². The summed E-state index contributed by atoms with van der Waals surface area (Å²) >= 11 is 5.94. The predicted octanol–water partition coefficient (Wildman–Crippen LogP) is 4.45. The molecule has 0 aliphatic heterocycles. The van der Waals surface area contributed by atoms with Crippen LogP contribution in [0, 0.1) is 23.2 Å². The van der Waals surface area contributed by atoms with Crippen LogP contribution in [0.4, 0.5) is 5.69 Å². The number of rotatable bonds is 2. The number of nitriles is 1. The van der Waals surface area contributed by atoms with E-state index >= 15 is 0 Å². The van der Waals surface area contributed by atoms with Crippen molar-refractivity contribution in [3.8, 4) is 6.07 Å². The summed E-state index contributed by atoms with van der Waals surface area (Å²) in [5, 5.41) is 13.1. The molecular weight excluding hydrogens is 244 g/mol. The number of nitrogens with zero attached hydrogens (tertiary/aromatic N) is 1. The molecule has 0 heterocycles. The monoisotopic (exact) mass is 262 g/mol. The van der Waals surface area contributed by atoms with Crippen molar-refractivity contribution in [1.29, 1.82) is 5.26 Å². The average Bonchev–Trinajstić information content (AvgIpc) is 2.37. The number of benzene rings is 1. The maximum absolute atomic E-state index is 8.98. The van der Waals surface area contributed by atoms with Crippen LogP contribution in [0.15, 0.2) is 18.2 Å². The summed E-state index contributed by atoms with van der Waals surface area (Å²) in [5.74, 6) is 1.43. The van der Waals surface area contributed by atoms with Crippen LogP contribution in [0.5, 0.6) is 0 Å². The summed E-state index contributed by atoms with van der Waals surface area (Å²) in [5.41, 5.74) is 1.54. The molecule has 0 amide bonds. The number of hydrogen-bond donors (Lipinski definition) is 1. The standard InChI is InChI=1S/C15H19ClN2/c1-10-4-3-5-15(11(10)2)18-13-6-7-14(16)12(8-13)9-17/h6-8,10-11,15,18H,3-5H2,1-2H3. The van der Waals surface area contributed by atoms with Gasteiger partial charge in [-0.05, 0) is 36.5 Å². The third-order valence-electron chi connectivity index (χ3n) is 4.15. The Labute approximate surface area is 114 Å². The van der Waals surface area contributed by atoms with Gasteiger partial charge >= 0.3 is 0 Å². The molecular formula is C15H19ClN2. The van der Waals surface area contributed by atoms with E-state index in [0.717, 1.165) is 11.6 Å². The van der Waals surface area contributed by atoms with Crippen molar-refractivity contribution >= 4 is 17.3 Å². The Morgan fingerprint density at radius 2 is 2.11 bits per heavy atom. The van der Waals surface area contributed by atoms with Crippen LogP contribution in [0.25, 0.3) is 0 Å². The third kappa shape index (κ3) is 2.79. The smallest absolute Gasteiger partial charge is 0.101 e. The second-order valence-electron chi connectivity index (χ2n) is 5.32. The van der Waals surface area contributed by atoms with Gasteiger partial charge in [0.15, 0.2) is 0 Å². The number of anilines is 1. The minimum Gasteiger partial charge on any atom is -0.382 e. The average molecular weight is 263 g/mol. The molecule has 3 heteroatoms. The van der Waals surface area contributed by atoms with E-state index in [0.29, 0.717) is 22.5 Å². The van der Waals surface area contributed by atoms with Gasteiger partial charge < -0.3 is 5.32 Å². The first kappa shape index (κ1) is 13.2. The van der Waals surface area contributed by atoms with Crippen molar-refractivity contribution in [3.05, 3.63) is 28.8 Å². The van der Waals surface area contributed by atoms with Gasteiger partial charge in [0, 0.05) is 11.7 Å². The lowest BCUT2D eigenvalue weighted by Gasteiger charge is -2.35. The zero-order valence-electron chi connectivity index (χ0n) is 10.9. The zero-order valence-corrected chi connectivity index (χ0v) is 11.7. The lowest BCUT2D eigenvalue weighted by molar-refractivity contribution is 0.253. The predicted molar refractivity (Wildman–Crippen MR) is 75.8 cm³/mol. The molecule has 3 unspecified atom stereocenters.